The van der Waals surface area contributed by atoms with Gasteiger partial charge in [0, 0.05) is 24.1 Å². The van der Waals surface area contributed by atoms with Crippen LogP contribution in [0, 0.1) is 0 Å². The van der Waals surface area contributed by atoms with Gasteiger partial charge < -0.3 is 26.0 Å². The summed E-state index contributed by atoms with van der Waals surface area (Å²) in [6, 6.07) is 10.0. The number of rotatable bonds is 7. The molecule has 0 fully saturated rings. The number of carbonyl (C=O) groups excluding carboxylic acids is 1. The third kappa shape index (κ3) is 5.69. The van der Waals surface area contributed by atoms with Gasteiger partial charge in [-0.15, -0.1) is 0 Å². The molecule has 3 aromatic rings. The number of nitrogens with zero attached hydrogens (tertiary/aromatic N) is 2. The van der Waals surface area contributed by atoms with Gasteiger partial charge in [0.05, 0.1) is 12.8 Å². The highest BCUT2D eigenvalue weighted by atomic mass is 19.4. The number of aromatic nitrogens is 2. The van der Waals surface area contributed by atoms with Gasteiger partial charge in [-0.25, -0.2) is 4.98 Å². The molecule has 0 saturated heterocycles. The third-order valence-corrected chi connectivity index (χ3v) is 5.33. The number of amides is 1. The average molecular weight is 484 g/mol. The van der Waals surface area contributed by atoms with Crippen LogP contribution in [0.2, 0.25) is 0 Å². The van der Waals surface area contributed by atoms with E-state index in [-0.39, 0.29) is 5.95 Å². The maximum Gasteiger partial charge on any atom is 0.421 e. The molecule has 0 aliphatic carbocycles. The Balaban J connectivity index is 1.66. The van der Waals surface area contributed by atoms with E-state index in [9.17, 15) is 18.0 Å². The minimum atomic E-state index is -4.69. The first-order valence-electron chi connectivity index (χ1n) is 10.7. The van der Waals surface area contributed by atoms with E-state index in [2.05, 4.69) is 37.8 Å². The van der Waals surface area contributed by atoms with Crippen LogP contribution in [0.15, 0.2) is 55.3 Å². The molecular weight excluding hydrogens is 461 g/mol. The van der Waals surface area contributed by atoms with Crippen LogP contribution >= 0.6 is 0 Å². The first-order chi connectivity index (χ1) is 16.8. The quantitative estimate of drug-likeness (QED) is 0.359. The number of alkyl halides is 3. The van der Waals surface area contributed by atoms with Gasteiger partial charge in [0.1, 0.15) is 17.1 Å². The molecule has 2 aromatic carbocycles. The Bertz CT molecular complexity index is 1260. The van der Waals surface area contributed by atoms with Crippen molar-refractivity contribution in [3.63, 3.8) is 0 Å². The maximum absolute atomic E-state index is 13.7. The van der Waals surface area contributed by atoms with Crippen LogP contribution < -0.4 is 26.0 Å². The molecule has 0 bridgehead atoms. The molecule has 0 radical (unpaired) electrons. The van der Waals surface area contributed by atoms with Crippen LogP contribution in [0.5, 0.6) is 5.75 Å². The number of ether oxygens (including phenoxy) is 1. The lowest BCUT2D eigenvalue weighted by molar-refractivity contribution is -0.137. The van der Waals surface area contributed by atoms with Gasteiger partial charge in [-0.3, -0.25) is 4.79 Å². The first-order valence-corrected chi connectivity index (χ1v) is 10.7. The van der Waals surface area contributed by atoms with E-state index in [1.165, 1.54) is 13.2 Å². The Morgan fingerprint density at radius 1 is 1.17 bits per heavy atom. The fraction of sp³-hybridized carbons (Fsp3) is 0.208. The molecule has 2 heterocycles. The van der Waals surface area contributed by atoms with Crippen LogP contribution in [-0.2, 0) is 23.9 Å². The van der Waals surface area contributed by atoms with Crippen molar-refractivity contribution in [3.05, 3.63) is 71.9 Å². The normalized spacial score (nSPS) is 12.9. The van der Waals surface area contributed by atoms with E-state index < -0.39 is 23.5 Å². The van der Waals surface area contributed by atoms with Crippen molar-refractivity contribution in [1.82, 2.24) is 15.3 Å². The molecule has 4 rings (SSSR count). The molecule has 11 heteroatoms. The number of methoxy groups -OCH3 is 1. The number of benzene rings is 2. The second-order valence-electron chi connectivity index (χ2n) is 7.73. The third-order valence-electron chi connectivity index (χ3n) is 5.33. The van der Waals surface area contributed by atoms with E-state index in [4.69, 9.17) is 4.74 Å². The Morgan fingerprint density at radius 3 is 2.71 bits per heavy atom. The van der Waals surface area contributed by atoms with Gasteiger partial charge in [-0.2, -0.15) is 18.2 Å². The Morgan fingerprint density at radius 2 is 1.97 bits per heavy atom. The van der Waals surface area contributed by atoms with Crippen molar-refractivity contribution in [3.8, 4) is 5.75 Å². The fourth-order valence-electron chi connectivity index (χ4n) is 3.65. The fourth-order valence-corrected chi connectivity index (χ4v) is 3.65. The predicted octanol–water partition coefficient (Wildman–Crippen LogP) is 4.76. The smallest absolute Gasteiger partial charge is 0.421 e. The summed E-state index contributed by atoms with van der Waals surface area (Å²) in [7, 11) is 1.52. The summed E-state index contributed by atoms with van der Waals surface area (Å²) in [6.07, 6.45) is -2.06. The van der Waals surface area contributed by atoms with Crippen LogP contribution in [-0.4, -0.2) is 29.5 Å². The second-order valence-corrected chi connectivity index (χ2v) is 7.73. The SMILES string of the molecule is C=CC(=O)Nc1cccc(Nc2nc(Nc3cc4c(cc3OC)CNCC4)ncc2C(F)(F)F)c1. The number of nitrogens with one attached hydrogen (secondary N) is 4. The van der Waals surface area contributed by atoms with Gasteiger partial charge in [-0.1, -0.05) is 12.6 Å². The number of hydrogen-bond acceptors (Lipinski definition) is 7. The van der Waals surface area contributed by atoms with Gasteiger partial charge in [0.25, 0.3) is 0 Å². The molecule has 0 saturated carbocycles. The summed E-state index contributed by atoms with van der Waals surface area (Å²) in [4.78, 5) is 19.5. The number of anilines is 5. The highest BCUT2D eigenvalue weighted by molar-refractivity contribution is 5.99. The average Bonchev–Trinajstić information content (AvgIpc) is 2.83. The minimum Gasteiger partial charge on any atom is -0.495 e. The summed E-state index contributed by atoms with van der Waals surface area (Å²) in [5, 5.41) is 11.5. The van der Waals surface area contributed by atoms with Crippen molar-refractivity contribution in [2.45, 2.75) is 19.1 Å². The van der Waals surface area contributed by atoms with E-state index in [1.54, 1.807) is 18.2 Å². The number of hydrogen-bond donors (Lipinski definition) is 4. The van der Waals surface area contributed by atoms with Crippen molar-refractivity contribution >= 4 is 34.7 Å². The van der Waals surface area contributed by atoms with Crippen LogP contribution in [0.4, 0.5) is 42.0 Å². The zero-order chi connectivity index (χ0) is 25.0. The summed E-state index contributed by atoms with van der Waals surface area (Å²) < 4.78 is 46.5. The van der Waals surface area contributed by atoms with E-state index in [0.717, 1.165) is 36.4 Å². The van der Waals surface area contributed by atoms with Crippen molar-refractivity contribution in [2.24, 2.45) is 0 Å². The molecule has 1 aromatic heterocycles. The molecule has 0 unspecified atom stereocenters. The molecule has 8 nitrogen and oxygen atoms in total. The number of halogens is 3. The zero-order valence-corrected chi connectivity index (χ0v) is 18.8. The van der Waals surface area contributed by atoms with Crippen LogP contribution in [0.3, 0.4) is 0 Å². The molecule has 4 N–H and O–H groups in total. The summed E-state index contributed by atoms with van der Waals surface area (Å²) >= 11 is 0. The topological polar surface area (TPSA) is 100 Å². The molecule has 0 atom stereocenters. The molecule has 35 heavy (non-hydrogen) atoms. The summed E-state index contributed by atoms with van der Waals surface area (Å²) in [5.74, 6) is -0.398. The lowest BCUT2D eigenvalue weighted by atomic mass is 10.00. The lowest BCUT2D eigenvalue weighted by Gasteiger charge is -2.21. The van der Waals surface area contributed by atoms with Gasteiger partial charge >= 0.3 is 6.18 Å². The number of carbonyl (C=O) groups is 1. The Hall–Kier alpha value is -4.12. The first kappa shape index (κ1) is 24.0. The van der Waals surface area contributed by atoms with Gasteiger partial charge in [-0.05, 0) is 60.5 Å². The molecule has 1 amide bonds. The zero-order valence-electron chi connectivity index (χ0n) is 18.8. The lowest BCUT2D eigenvalue weighted by Crippen LogP contribution is -2.23. The largest absolute Gasteiger partial charge is 0.495 e. The molecular formula is C24H23F3N6O2. The van der Waals surface area contributed by atoms with Crippen molar-refractivity contribution < 1.29 is 22.7 Å². The summed E-state index contributed by atoms with van der Waals surface area (Å²) in [6.45, 7) is 4.92. The maximum atomic E-state index is 13.7. The molecule has 182 valence electrons. The van der Waals surface area contributed by atoms with Crippen LogP contribution in [0.1, 0.15) is 16.7 Å². The highest BCUT2D eigenvalue weighted by Crippen LogP contribution is 2.37. The molecule has 0 spiro atoms. The van der Waals surface area contributed by atoms with Crippen molar-refractivity contribution in [2.75, 3.05) is 29.6 Å². The van der Waals surface area contributed by atoms with Crippen LogP contribution in [0.25, 0.3) is 0 Å². The monoisotopic (exact) mass is 484 g/mol. The minimum absolute atomic E-state index is 0.0381. The van der Waals surface area contributed by atoms with Gasteiger partial charge in [0.15, 0.2) is 0 Å². The molecule has 1 aliphatic rings. The Labute approximate surface area is 199 Å². The summed E-state index contributed by atoms with van der Waals surface area (Å²) in [5.41, 5.74) is 2.39. The van der Waals surface area contributed by atoms with Gasteiger partial charge in [0.2, 0.25) is 11.9 Å². The second kappa shape index (κ2) is 10.0. The van der Waals surface area contributed by atoms with E-state index in [0.29, 0.717) is 29.4 Å². The van der Waals surface area contributed by atoms with E-state index >= 15 is 0 Å². The number of fused-ring (bicyclic) bond motifs is 1. The predicted molar refractivity (Wildman–Crippen MR) is 127 cm³/mol. The van der Waals surface area contributed by atoms with E-state index in [1.807, 2.05) is 12.1 Å². The standard InChI is InChI=1S/C24H23F3N6O2/c1-3-21(34)30-16-5-4-6-17(11-16)31-22-18(24(25,26)27)13-29-23(33-22)32-19-9-14-7-8-28-12-15(14)10-20(19)35-2/h3-6,9-11,13,28H,1,7-8,12H2,2H3,(H,30,34)(H2,29,31,32,33). The highest BCUT2D eigenvalue weighted by Gasteiger charge is 2.35. The molecule has 1 aliphatic heterocycles. The Kier molecular flexibility index (Phi) is 6.87. The van der Waals surface area contributed by atoms with Crippen molar-refractivity contribution in [1.29, 1.82) is 0 Å².